The molecular weight excluding hydrogens is 204 g/mol. The van der Waals surface area contributed by atoms with Crippen LogP contribution in [-0.4, -0.2) is 13.3 Å². The van der Waals surface area contributed by atoms with Gasteiger partial charge in [0, 0.05) is 5.39 Å². The molecule has 0 unspecified atom stereocenters. The molecule has 3 nitrogen and oxygen atoms in total. The van der Waals surface area contributed by atoms with Gasteiger partial charge < -0.3 is 9.47 Å². The zero-order valence-electron chi connectivity index (χ0n) is 9.19. The number of carbonyl (C=O) groups excluding carboxylic acids is 1. The summed E-state index contributed by atoms with van der Waals surface area (Å²) in [7, 11) is 1.29. The van der Waals surface area contributed by atoms with Gasteiger partial charge in [-0.05, 0) is 18.4 Å². The quantitative estimate of drug-likeness (QED) is 0.542. The molecule has 0 heterocycles. The Hall–Kier alpha value is -2.03. The minimum Gasteiger partial charge on any atom is -0.437 e. The molecule has 0 fully saturated rings. The fraction of sp³-hybridized carbons (Fsp3) is 0.154. The SMILES string of the molecule is COC(=O)Oc1cccc2cc(C)ccc12. The van der Waals surface area contributed by atoms with Crippen LogP contribution in [0, 0.1) is 6.92 Å². The second-order valence-corrected chi connectivity index (χ2v) is 3.54. The van der Waals surface area contributed by atoms with E-state index in [4.69, 9.17) is 4.74 Å². The molecule has 0 aliphatic carbocycles. The number of carbonyl (C=O) groups is 1. The molecule has 0 atom stereocenters. The predicted molar refractivity (Wildman–Crippen MR) is 61.7 cm³/mol. The maximum atomic E-state index is 11.0. The molecule has 3 heteroatoms. The van der Waals surface area contributed by atoms with Gasteiger partial charge in [0.05, 0.1) is 7.11 Å². The normalized spacial score (nSPS) is 10.1. The van der Waals surface area contributed by atoms with Gasteiger partial charge in [0.2, 0.25) is 0 Å². The van der Waals surface area contributed by atoms with Crippen LogP contribution in [-0.2, 0) is 4.74 Å². The Bertz CT molecular complexity index is 532. The monoisotopic (exact) mass is 216 g/mol. The molecule has 2 aromatic rings. The van der Waals surface area contributed by atoms with Gasteiger partial charge in [0.15, 0.2) is 0 Å². The number of hydrogen-bond acceptors (Lipinski definition) is 3. The number of rotatable bonds is 1. The Morgan fingerprint density at radius 2 is 2.00 bits per heavy atom. The van der Waals surface area contributed by atoms with Crippen molar-refractivity contribution in [1.82, 2.24) is 0 Å². The summed E-state index contributed by atoms with van der Waals surface area (Å²) in [4.78, 5) is 11.0. The zero-order chi connectivity index (χ0) is 11.5. The zero-order valence-corrected chi connectivity index (χ0v) is 9.19. The van der Waals surface area contributed by atoms with E-state index in [0.717, 1.165) is 10.8 Å². The van der Waals surface area contributed by atoms with Crippen molar-refractivity contribution in [2.24, 2.45) is 0 Å². The third-order valence-electron chi connectivity index (χ3n) is 2.36. The molecule has 0 aliphatic heterocycles. The number of hydrogen-bond donors (Lipinski definition) is 0. The van der Waals surface area contributed by atoms with E-state index >= 15 is 0 Å². The van der Waals surface area contributed by atoms with E-state index in [2.05, 4.69) is 4.74 Å². The van der Waals surface area contributed by atoms with Crippen molar-refractivity contribution in [3.05, 3.63) is 42.0 Å². The summed E-state index contributed by atoms with van der Waals surface area (Å²) in [6.07, 6.45) is -0.701. The third kappa shape index (κ3) is 1.98. The Morgan fingerprint density at radius 3 is 2.75 bits per heavy atom. The third-order valence-corrected chi connectivity index (χ3v) is 2.36. The number of methoxy groups -OCH3 is 1. The maximum Gasteiger partial charge on any atom is 0.513 e. The van der Waals surface area contributed by atoms with Gasteiger partial charge in [-0.1, -0.05) is 35.9 Å². The van der Waals surface area contributed by atoms with Crippen LogP contribution in [0.5, 0.6) is 5.75 Å². The highest BCUT2D eigenvalue weighted by Crippen LogP contribution is 2.26. The summed E-state index contributed by atoms with van der Waals surface area (Å²) in [5.74, 6) is 0.518. The number of ether oxygens (including phenoxy) is 2. The van der Waals surface area contributed by atoms with Crippen molar-refractivity contribution in [2.75, 3.05) is 7.11 Å². The lowest BCUT2D eigenvalue weighted by atomic mass is 10.1. The van der Waals surface area contributed by atoms with Gasteiger partial charge in [-0.25, -0.2) is 4.79 Å². The van der Waals surface area contributed by atoms with Crippen molar-refractivity contribution < 1.29 is 14.3 Å². The Morgan fingerprint density at radius 1 is 1.19 bits per heavy atom. The van der Waals surface area contributed by atoms with Crippen LogP contribution in [0.2, 0.25) is 0 Å². The van der Waals surface area contributed by atoms with Crippen LogP contribution in [0.1, 0.15) is 5.56 Å². The number of fused-ring (bicyclic) bond motifs is 1. The fourth-order valence-electron chi connectivity index (χ4n) is 1.59. The Kier molecular flexibility index (Phi) is 2.77. The molecule has 0 aliphatic rings. The highest BCUT2D eigenvalue weighted by molar-refractivity contribution is 5.90. The highest BCUT2D eigenvalue weighted by atomic mass is 16.7. The van der Waals surface area contributed by atoms with E-state index in [0.29, 0.717) is 5.75 Å². The van der Waals surface area contributed by atoms with Gasteiger partial charge in [-0.15, -0.1) is 0 Å². The molecule has 0 amide bonds. The average molecular weight is 216 g/mol. The summed E-state index contributed by atoms with van der Waals surface area (Å²) in [6, 6.07) is 11.5. The van der Waals surface area contributed by atoms with Crippen LogP contribution < -0.4 is 4.74 Å². The standard InChI is InChI=1S/C13H12O3/c1-9-6-7-11-10(8-9)4-3-5-12(11)16-13(14)15-2/h3-8H,1-2H3. The molecule has 0 saturated carbocycles. The van der Waals surface area contributed by atoms with Crippen LogP contribution >= 0.6 is 0 Å². The molecule has 82 valence electrons. The van der Waals surface area contributed by atoms with E-state index in [-0.39, 0.29) is 0 Å². The second-order valence-electron chi connectivity index (χ2n) is 3.54. The van der Waals surface area contributed by atoms with Gasteiger partial charge in [-0.2, -0.15) is 0 Å². The predicted octanol–water partition coefficient (Wildman–Crippen LogP) is 3.29. The molecule has 0 N–H and O–H groups in total. The molecule has 2 rings (SSSR count). The van der Waals surface area contributed by atoms with E-state index in [1.807, 2.05) is 37.3 Å². The summed E-state index contributed by atoms with van der Waals surface area (Å²) >= 11 is 0. The first kappa shape index (κ1) is 10.5. The summed E-state index contributed by atoms with van der Waals surface area (Å²) < 4.78 is 9.52. The first-order valence-corrected chi connectivity index (χ1v) is 4.96. The summed E-state index contributed by atoms with van der Waals surface area (Å²) in [5, 5.41) is 1.94. The van der Waals surface area contributed by atoms with E-state index < -0.39 is 6.16 Å². The van der Waals surface area contributed by atoms with Crippen molar-refractivity contribution in [2.45, 2.75) is 6.92 Å². The number of aryl methyl sites for hydroxylation is 1. The molecule has 16 heavy (non-hydrogen) atoms. The number of benzene rings is 2. The van der Waals surface area contributed by atoms with Crippen LogP contribution in [0.4, 0.5) is 4.79 Å². The topological polar surface area (TPSA) is 35.5 Å². The molecule has 2 aromatic carbocycles. The van der Waals surface area contributed by atoms with Crippen molar-refractivity contribution in [3.8, 4) is 5.75 Å². The first-order valence-electron chi connectivity index (χ1n) is 4.96. The van der Waals surface area contributed by atoms with Gasteiger partial charge >= 0.3 is 6.16 Å². The van der Waals surface area contributed by atoms with E-state index in [9.17, 15) is 4.79 Å². The molecule has 0 aromatic heterocycles. The minimum atomic E-state index is -0.701. The fourth-order valence-corrected chi connectivity index (χ4v) is 1.59. The van der Waals surface area contributed by atoms with Crippen molar-refractivity contribution in [3.63, 3.8) is 0 Å². The molecule has 0 spiro atoms. The van der Waals surface area contributed by atoms with Gasteiger partial charge in [0.25, 0.3) is 0 Å². The largest absolute Gasteiger partial charge is 0.513 e. The lowest BCUT2D eigenvalue weighted by Gasteiger charge is -2.06. The van der Waals surface area contributed by atoms with E-state index in [1.54, 1.807) is 6.07 Å². The maximum absolute atomic E-state index is 11.0. The molecule has 0 bridgehead atoms. The summed E-state index contributed by atoms with van der Waals surface area (Å²) in [6.45, 7) is 2.02. The minimum absolute atomic E-state index is 0.518. The lowest BCUT2D eigenvalue weighted by molar-refractivity contribution is 0.122. The first-order chi connectivity index (χ1) is 7.70. The molecule has 0 radical (unpaired) electrons. The Labute approximate surface area is 93.6 Å². The van der Waals surface area contributed by atoms with Crippen molar-refractivity contribution in [1.29, 1.82) is 0 Å². The Balaban J connectivity index is 2.49. The lowest BCUT2D eigenvalue weighted by Crippen LogP contribution is -2.07. The smallest absolute Gasteiger partial charge is 0.437 e. The van der Waals surface area contributed by atoms with Crippen LogP contribution in [0.15, 0.2) is 36.4 Å². The average Bonchev–Trinajstić information content (AvgIpc) is 2.28. The van der Waals surface area contributed by atoms with Crippen LogP contribution in [0.3, 0.4) is 0 Å². The van der Waals surface area contributed by atoms with Gasteiger partial charge in [-0.3, -0.25) is 0 Å². The second kappa shape index (κ2) is 4.23. The highest BCUT2D eigenvalue weighted by Gasteiger charge is 2.07. The molecule has 0 saturated heterocycles. The van der Waals surface area contributed by atoms with Crippen molar-refractivity contribution >= 4 is 16.9 Å². The van der Waals surface area contributed by atoms with Crippen LogP contribution in [0.25, 0.3) is 10.8 Å². The molecular formula is C13H12O3. The van der Waals surface area contributed by atoms with Gasteiger partial charge in [0.1, 0.15) is 5.75 Å². The summed E-state index contributed by atoms with van der Waals surface area (Å²) in [5.41, 5.74) is 1.17. The van der Waals surface area contributed by atoms with E-state index in [1.165, 1.54) is 12.7 Å².